The molecular formula is C19H28O3P+. The second-order valence-electron chi connectivity index (χ2n) is 8.74. The summed E-state index contributed by atoms with van der Waals surface area (Å²) in [5.74, 6) is 1.99. The van der Waals surface area contributed by atoms with Gasteiger partial charge in [0.1, 0.15) is 0 Å². The van der Waals surface area contributed by atoms with Crippen LogP contribution in [0.15, 0.2) is 23.0 Å². The lowest BCUT2D eigenvalue weighted by molar-refractivity contribution is -0.0625. The first-order valence-electron chi connectivity index (χ1n) is 9.11. The van der Waals surface area contributed by atoms with E-state index in [4.69, 9.17) is 0 Å². The second kappa shape index (κ2) is 5.25. The zero-order chi connectivity index (χ0) is 16.4. The maximum atomic E-state index is 11.5. The van der Waals surface area contributed by atoms with Gasteiger partial charge in [-0.25, -0.2) is 0 Å². The van der Waals surface area contributed by atoms with Crippen LogP contribution in [-0.2, 0) is 4.57 Å². The van der Waals surface area contributed by atoms with Gasteiger partial charge in [-0.15, -0.1) is 0 Å². The monoisotopic (exact) mass is 335 g/mol. The molecule has 4 heteroatoms. The molecule has 0 aliphatic heterocycles. The summed E-state index contributed by atoms with van der Waals surface area (Å²) in [4.78, 5) is 9.46. The van der Waals surface area contributed by atoms with E-state index < -0.39 is 8.03 Å². The van der Waals surface area contributed by atoms with Gasteiger partial charge in [0.15, 0.2) is 0 Å². The number of rotatable bonds is 1. The standard InChI is InChI=1S/C19H27O3P/c1-18-9-7-13(23(21)22)11-12(18)3-4-14-15-5-6-17(20)19(15,2)10-8-16(14)18/h3,11,14-17,20H,4-10H2,1-2H3/p+1/t14-,15-,16-,17-,18-,19-/m0/s1. The molecule has 0 radical (unpaired) electrons. The molecule has 23 heavy (non-hydrogen) atoms. The van der Waals surface area contributed by atoms with Crippen LogP contribution in [0.5, 0.6) is 0 Å². The highest BCUT2D eigenvalue weighted by atomic mass is 31.1. The third-order valence-electron chi connectivity index (χ3n) is 7.94. The molecule has 0 aromatic carbocycles. The van der Waals surface area contributed by atoms with Crippen LogP contribution in [-0.4, -0.2) is 16.1 Å². The number of hydrogen-bond acceptors (Lipinski definition) is 2. The SMILES string of the molecule is C[C@]12CC[C@H]3[C@@H](CC=C4C=C([P+](=O)O)CC[C@@]43C)[C@@H]1CC[C@@H]2O. The maximum Gasteiger partial charge on any atom is 0.541 e. The van der Waals surface area contributed by atoms with Crippen LogP contribution in [0.4, 0.5) is 0 Å². The summed E-state index contributed by atoms with van der Waals surface area (Å²) in [7, 11) is -2.18. The molecule has 0 heterocycles. The largest absolute Gasteiger partial charge is 0.541 e. The molecule has 0 saturated heterocycles. The second-order valence-corrected chi connectivity index (χ2v) is 9.86. The Kier molecular flexibility index (Phi) is 3.65. The molecule has 2 saturated carbocycles. The van der Waals surface area contributed by atoms with Crippen molar-refractivity contribution in [3.8, 4) is 0 Å². The Balaban J connectivity index is 1.70. The van der Waals surface area contributed by atoms with Gasteiger partial charge in [0.05, 0.1) is 6.10 Å². The van der Waals surface area contributed by atoms with Crippen molar-refractivity contribution in [3.05, 3.63) is 23.0 Å². The molecule has 3 nitrogen and oxygen atoms in total. The van der Waals surface area contributed by atoms with E-state index in [1.54, 1.807) is 0 Å². The van der Waals surface area contributed by atoms with Gasteiger partial charge in [-0.1, -0.05) is 19.9 Å². The summed E-state index contributed by atoms with van der Waals surface area (Å²) in [5.41, 5.74) is 1.58. The predicted octanol–water partition coefficient (Wildman–Crippen LogP) is 4.54. The minimum absolute atomic E-state index is 0.118. The maximum absolute atomic E-state index is 11.5. The topological polar surface area (TPSA) is 57.5 Å². The van der Waals surface area contributed by atoms with Crippen LogP contribution in [0.2, 0.25) is 0 Å². The highest BCUT2D eigenvalue weighted by Crippen LogP contribution is 2.65. The van der Waals surface area contributed by atoms with E-state index in [0.717, 1.165) is 37.4 Å². The smallest absolute Gasteiger partial charge is 0.393 e. The van der Waals surface area contributed by atoms with E-state index in [-0.39, 0.29) is 16.9 Å². The Hall–Kier alpha value is -0.500. The van der Waals surface area contributed by atoms with Crippen LogP contribution >= 0.6 is 8.03 Å². The Labute approximate surface area is 139 Å². The fourth-order valence-corrected chi connectivity index (χ4v) is 6.99. The number of aliphatic hydroxyl groups is 1. The molecule has 2 fully saturated rings. The van der Waals surface area contributed by atoms with Crippen molar-refractivity contribution < 1.29 is 14.6 Å². The molecule has 0 spiro atoms. The summed E-state index contributed by atoms with van der Waals surface area (Å²) < 4.78 is 11.5. The number of aliphatic hydroxyl groups excluding tert-OH is 1. The Bertz CT molecular complexity index is 610. The summed E-state index contributed by atoms with van der Waals surface area (Å²) in [6, 6.07) is 0. The summed E-state index contributed by atoms with van der Waals surface area (Å²) in [6.45, 7) is 4.68. The van der Waals surface area contributed by atoms with Crippen LogP contribution in [0.25, 0.3) is 0 Å². The van der Waals surface area contributed by atoms with E-state index in [0.29, 0.717) is 17.8 Å². The van der Waals surface area contributed by atoms with Crippen LogP contribution < -0.4 is 0 Å². The molecule has 0 aromatic heterocycles. The molecule has 1 unspecified atom stereocenters. The van der Waals surface area contributed by atoms with E-state index in [2.05, 4.69) is 19.9 Å². The minimum atomic E-state index is -2.18. The molecule has 0 amide bonds. The molecule has 0 aromatic rings. The summed E-state index contributed by atoms with van der Waals surface area (Å²) >= 11 is 0. The van der Waals surface area contributed by atoms with Crippen molar-refractivity contribution in [3.63, 3.8) is 0 Å². The quantitative estimate of drug-likeness (QED) is 0.692. The van der Waals surface area contributed by atoms with Crippen LogP contribution in [0, 0.1) is 28.6 Å². The van der Waals surface area contributed by atoms with Crippen molar-refractivity contribution in [1.29, 1.82) is 0 Å². The van der Waals surface area contributed by atoms with Crippen molar-refractivity contribution in [2.75, 3.05) is 0 Å². The van der Waals surface area contributed by atoms with E-state index in [9.17, 15) is 14.6 Å². The molecule has 4 aliphatic carbocycles. The first kappa shape index (κ1) is 16.0. The van der Waals surface area contributed by atoms with Gasteiger partial charge in [0.2, 0.25) is 5.31 Å². The average molecular weight is 335 g/mol. The normalized spacial score (nSPS) is 49.5. The van der Waals surface area contributed by atoms with Gasteiger partial charge in [0.25, 0.3) is 0 Å². The van der Waals surface area contributed by atoms with Crippen molar-refractivity contribution >= 4 is 8.03 Å². The van der Waals surface area contributed by atoms with Gasteiger partial charge < -0.3 is 5.11 Å². The number of fused-ring (bicyclic) bond motifs is 5. The zero-order valence-corrected chi connectivity index (χ0v) is 15.1. The van der Waals surface area contributed by atoms with Crippen molar-refractivity contribution in [2.45, 2.75) is 64.9 Å². The van der Waals surface area contributed by atoms with Crippen LogP contribution in [0.3, 0.4) is 0 Å². The Morgan fingerprint density at radius 3 is 2.70 bits per heavy atom. The number of allylic oxidation sites excluding steroid dienone is 4. The fourth-order valence-electron chi connectivity index (χ4n) is 6.43. The van der Waals surface area contributed by atoms with Gasteiger partial charge in [-0.2, -0.15) is 4.89 Å². The molecule has 4 rings (SSSR count). The fraction of sp³-hybridized carbons (Fsp3) is 0.789. The number of hydrogen-bond donors (Lipinski definition) is 2. The van der Waals surface area contributed by atoms with E-state index >= 15 is 0 Å². The third-order valence-corrected chi connectivity index (χ3v) is 8.79. The molecule has 0 bridgehead atoms. The zero-order valence-electron chi connectivity index (χ0n) is 14.2. The highest BCUT2D eigenvalue weighted by Gasteiger charge is 2.58. The lowest BCUT2D eigenvalue weighted by atomic mass is 9.49. The van der Waals surface area contributed by atoms with E-state index in [1.807, 2.05) is 6.08 Å². The predicted molar refractivity (Wildman–Crippen MR) is 91.0 cm³/mol. The van der Waals surface area contributed by atoms with E-state index in [1.165, 1.54) is 18.4 Å². The summed E-state index contributed by atoms with van der Waals surface area (Å²) in [5, 5.41) is 11.2. The van der Waals surface area contributed by atoms with Crippen LogP contribution in [0.1, 0.15) is 58.8 Å². The minimum Gasteiger partial charge on any atom is -0.393 e. The molecule has 4 aliphatic rings. The van der Waals surface area contributed by atoms with Gasteiger partial charge in [0, 0.05) is 6.42 Å². The lowest BCUT2D eigenvalue weighted by Crippen LogP contribution is -2.50. The molecular weight excluding hydrogens is 307 g/mol. The third kappa shape index (κ3) is 2.16. The molecule has 2 N–H and O–H groups in total. The first-order valence-corrected chi connectivity index (χ1v) is 10.3. The van der Waals surface area contributed by atoms with Gasteiger partial charge in [-0.3, -0.25) is 0 Å². The van der Waals surface area contributed by atoms with Gasteiger partial charge >= 0.3 is 8.03 Å². The first-order chi connectivity index (χ1) is 10.9. The lowest BCUT2D eigenvalue weighted by Gasteiger charge is -2.56. The van der Waals surface area contributed by atoms with Crippen molar-refractivity contribution in [2.24, 2.45) is 28.6 Å². The summed E-state index contributed by atoms with van der Waals surface area (Å²) in [6.07, 6.45) is 11.5. The van der Waals surface area contributed by atoms with Crippen molar-refractivity contribution in [1.82, 2.24) is 0 Å². The Morgan fingerprint density at radius 1 is 1.17 bits per heavy atom. The molecule has 126 valence electrons. The molecule has 7 atom stereocenters. The van der Waals surface area contributed by atoms with Gasteiger partial charge in [-0.05, 0) is 83.3 Å². The Morgan fingerprint density at radius 2 is 1.96 bits per heavy atom. The highest BCUT2D eigenvalue weighted by molar-refractivity contribution is 7.43. The average Bonchev–Trinajstić information content (AvgIpc) is 2.82.